The summed E-state index contributed by atoms with van der Waals surface area (Å²) in [6, 6.07) is 2.64. The van der Waals surface area contributed by atoms with Crippen molar-refractivity contribution in [3.05, 3.63) is 35.4 Å². The van der Waals surface area contributed by atoms with Crippen molar-refractivity contribution < 1.29 is 26.3 Å². The number of hydrogen-bond donors (Lipinski definition) is 0. The van der Waals surface area contributed by atoms with Gasteiger partial charge in [0.25, 0.3) is 0 Å². The molecule has 0 saturated carbocycles. The highest BCUT2D eigenvalue weighted by atomic mass is 32.1. The van der Waals surface area contributed by atoms with E-state index in [1.807, 2.05) is 0 Å². The van der Waals surface area contributed by atoms with Crippen molar-refractivity contribution in [1.82, 2.24) is 0 Å². The van der Waals surface area contributed by atoms with Gasteiger partial charge in [-0.3, -0.25) is 0 Å². The van der Waals surface area contributed by atoms with E-state index in [-0.39, 0.29) is 13.5 Å². The van der Waals surface area contributed by atoms with Gasteiger partial charge in [0.2, 0.25) is 0 Å². The van der Waals surface area contributed by atoms with E-state index in [0.717, 1.165) is 12.1 Å². The SMILES string of the molecule is FC(F)(F)c1ccccc1C(F)(F)F.S. The van der Waals surface area contributed by atoms with Crippen LogP contribution in [0.2, 0.25) is 0 Å². The largest absolute Gasteiger partial charge is 0.417 e. The zero-order chi connectivity index (χ0) is 11.0. The Morgan fingerprint density at radius 1 is 0.667 bits per heavy atom. The molecule has 86 valence electrons. The second-order valence-corrected chi connectivity index (χ2v) is 2.54. The van der Waals surface area contributed by atoms with Crippen LogP contribution in [0.3, 0.4) is 0 Å². The van der Waals surface area contributed by atoms with Crippen LogP contribution in [0.1, 0.15) is 11.1 Å². The van der Waals surface area contributed by atoms with Crippen molar-refractivity contribution in [2.75, 3.05) is 0 Å². The first kappa shape index (κ1) is 14.2. The number of hydrogen-bond acceptors (Lipinski definition) is 0. The van der Waals surface area contributed by atoms with Gasteiger partial charge in [0.05, 0.1) is 11.1 Å². The summed E-state index contributed by atoms with van der Waals surface area (Å²) in [5.74, 6) is 0. The highest BCUT2D eigenvalue weighted by Crippen LogP contribution is 2.39. The maximum absolute atomic E-state index is 12.1. The van der Waals surface area contributed by atoms with Crippen molar-refractivity contribution in [2.45, 2.75) is 12.4 Å². The Labute approximate surface area is 88.3 Å². The fourth-order valence-corrected chi connectivity index (χ4v) is 0.978. The standard InChI is InChI=1S/C8H4F6.H2S/c9-7(10,11)5-3-1-2-4-6(5)8(12,13)14;/h1-4H;1H2. The second-order valence-electron chi connectivity index (χ2n) is 2.54. The molecule has 1 rings (SSSR count). The van der Waals surface area contributed by atoms with Gasteiger partial charge in [0, 0.05) is 0 Å². The molecule has 0 spiro atoms. The minimum absolute atomic E-state index is 0. The normalized spacial score (nSPS) is 12.1. The lowest BCUT2D eigenvalue weighted by atomic mass is 10.1. The van der Waals surface area contributed by atoms with E-state index in [2.05, 4.69) is 0 Å². The third-order valence-electron chi connectivity index (χ3n) is 1.54. The first-order valence-corrected chi connectivity index (χ1v) is 3.46. The van der Waals surface area contributed by atoms with E-state index in [4.69, 9.17) is 0 Å². The van der Waals surface area contributed by atoms with E-state index in [1.54, 1.807) is 0 Å². The lowest BCUT2D eigenvalue weighted by molar-refractivity contribution is -0.162. The van der Waals surface area contributed by atoms with Crippen LogP contribution in [-0.2, 0) is 12.4 Å². The van der Waals surface area contributed by atoms with Gasteiger partial charge in [-0.25, -0.2) is 0 Å². The van der Waals surface area contributed by atoms with Crippen LogP contribution >= 0.6 is 13.5 Å². The molecule has 0 aliphatic heterocycles. The third-order valence-corrected chi connectivity index (χ3v) is 1.54. The predicted octanol–water partition coefficient (Wildman–Crippen LogP) is 3.84. The van der Waals surface area contributed by atoms with Gasteiger partial charge in [0.1, 0.15) is 0 Å². The summed E-state index contributed by atoms with van der Waals surface area (Å²) in [7, 11) is 0. The fraction of sp³-hybridized carbons (Fsp3) is 0.250. The molecule has 15 heavy (non-hydrogen) atoms. The van der Waals surface area contributed by atoms with Crippen molar-refractivity contribution in [3.63, 3.8) is 0 Å². The van der Waals surface area contributed by atoms with Gasteiger partial charge in [-0.1, -0.05) is 12.1 Å². The summed E-state index contributed by atoms with van der Waals surface area (Å²) in [4.78, 5) is 0. The van der Waals surface area contributed by atoms with Gasteiger partial charge in [-0.2, -0.15) is 39.8 Å². The Kier molecular flexibility index (Phi) is 4.09. The van der Waals surface area contributed by atoms with E-state index in [1.165, 1.54) is 0 Å². The van der Waals surface area contributed by atoms with Gasteiger partial charge in [-0.15, -0.1) is 0 Å². The Bertz CT molecular complexity index is 294. The molecule has 0 amide bonds. The Morgan fingerprint density at radius 2 is 0.933 bits per heavy atom. The van der Waals surface area contributed by atoms with Gasteiger partial charge in [-0.05, 0) is 12.1 Å². The molecule has 0 aliphatic rings. The van der Waals surface area contributed by atoms with Gasteiger partial charge < -0.3 is 0 Å². The lowest BCUT2D eigenvalue weighted by Crippen LogP contribution is -2.15. The molecular formula is C8H6F6S. The van der Waals surface area contributed by atoms with Crippen LogP contribution in [0.4, 0.5) is 26.3 Å². The van der Waals surface area contributed by atoms with E-state index >= 15 is 0 Å². The summed E-state index contributed by atoms with van der Waals surface area (Å²) < 4.78 is 72.5. The summed E-state index contributed by atoms with van der Waals surface area (Å²) >= 11 is 0. The number of halogens is 6. The molecule has 7 heteroatoms. The minimum atomic E-state index is -4.98. The first-order chi connectivity index (χ1) is 6.23. The van der Waals surface area contributed by atoms with Crippen molar-refractivity contribution in [2.24, 2.45) is 0 Å². The molecule has 0 bridgehead atoms. The topological polar surface area (TPSA) is 0 Å². The molecule has 0 nitrogen and oxygen atoms in total. The van der Waals surface area contributed by atoms with E-state index in [0.29, 0.717) is 12.1 Å². The van der Waals surface area contributed by atoms with Crippen LogP contribution in [-0.4, -0.2) is 0 Å². The molecule has 0 aromatic heterocycles. The Balaban J connectivity index is 0.00000196. The van der Waals surface area contributed by atoms with Crippen LogP contribution in [0.15, 0.2) is 24.3 Å². The third kappa shape index (κ3) is 3.33. The van der Waals surface area contributed by atoms with Crippen molar-refractivity contribution in [3.8, 4) is 0 Å². The van der Waals surface area contributed by atoms with Crippen molar-refractivity contribution in [1.29, 1.82) is 0 Å². The van der Waals surface area contributed by atoms with Crippen LogP contribution in [0.5, 0.6) is 0 Å². The minimum Gasteiger partial charge on any atom is -0.197 e. The Morgan fingerprint density at radius 3 is 1.13 bits per heavy atom. The first-order valence-electron chi connectivity index (χ1n) is 3.46. The molecule has 1 aromatic carbocycles. The zero-order valence-electron chi connectivity index (χ0n) is 7.08. The molecule has 0 atom stereocenters. The maximum atomic E-state index is 12.1. The summed E-state index contributed by atoms with van der Waals surface area (Å²) in [5.41, 5.74) is -3.32. The molecule has 0 saturated heterocycles. The highest BCUT2D eigenvalue weighted by Gasteiger charge is 2.42. The molecule has 0 N–H and O–H groups in total. The average Bonchev–Trinajstić information content (AvgIpc) is 2.01. The van der Waals surface area contributed by atoms with Crippen LogP contribution in [0, 0.1) is 0 Å². The van der Waals surface area contributed by atoms with Crippen LogP contribution in [0.25, 0.3) is 0 Å². The summed E-state index contributed by atoms with van der Waals surface area (Å²) in [6.07, 6.45) is -9.96. The molecule has 0 aliphatic carbocycles. The quantitative estimate of drug-likeness (QED) is 0.612. The Hall–Kier alpha value is -0.850. The highest BCUT2D eigenvalue weighted by molar-refractivity contribution is 7.59. The molecule has 0 unspecified atom stereocenters. The number of alkyl halides is 6. The smallest absolute Gasteiger partial charge is 0.197 e. The zero-order valence-corrected chi connectivity index (χ0v) is 8.08. The fourth-order valence-electron chi connectivity index (χ4n) is 0.978. The summed E-state index contributed by atoms with van der Waals surface area (Å²) in [5, 5.41) is 0. The predicted molar refractivity (Wildman–Crippen MR) is 46.8 cm³/mol. The van der Waals surface area contributed by atoms with E-state index in [9.17, 15) is 26.3 Å². The molecule has 0 radical (unpaired) electrons. The second kappa shape index (κ2) is 4.34. The molecule has 0 heterocycles. The summed E-state index contributed by atoms with van der Waals surface area (Å²) in [6.45, 7) is 0. The molecule has 1 aromatic rings. The lowest BCUT2D eigenvalue weighted by Gasteiger charge is -2.14. The van der Waals surface area contributed by atoms with Crippen molar-refractivity contribution >= 4 is 13.5 Å². The number of rotatable bonds is 0. The average molecular weight is 248 g/mol. The van der Waals surface area contributed by atoms with Gasteiger partial charge >= 0.3 is 12.4 Å². The number of benzene rings is 1. The maximum Gasteiger partial charge on any atom is 0.417 e. The van der Waals surface area contributed by atoms with Crippen LogP contribution < -0.4 is 0 Å². The monoisotopic (exact) mass is 248 g/mol. The molecule has 0 fully saturated rings. The van der Waals surface area contributed by atoms with E-state index < -0.39 is 23.5 Å². The molecular weight excluding hydrogens is 242 g/mol. The van der Waals surface area contributed by atoms with Gasteiger partial charge in [0.15, 0.2) is 0 Å².